The molecule has 0 saturated heterocycles. The van der Waals surface area contributed by atoms with Crippen LogP contribution in [0.1, 0.15) is 43.9 Å². The molecule has 0 aliphatic heterocycles. The van der Waals surface area contributed by atoms with Gasteiger partial charge in [-0.3, -0.25) is 4.79 Å². The SMILES string of the molecule is CC(C)(C)c1ccccc1NC(=O)CCc1ccc(C#N)cc1. The van der Waals surface area contributed by atoms with Crippen LogP contribution in [0.5, 0.6) is 0 Å². The lowest BCUT2D eigenvalue weighted by molar-refractivity contribution is -0.116. The van der Waals surface area contributed by atoms with Crippen molar-refractivity contribution < 1.29 is 4.79 Å². The van der Waals surface area contributed by atoms with E-state index in [9.17, 15) is 4.79 Å². The van der Waals surface area contributed by atoms with E-state index in [1.807, 2.05) is 30.3 Å². The number of benzene rings is 2. The summed E-state index contributed by atoms with van der Waals surface area (Å²) in [5, 5.41) is 11.8. The van der Waals surface area contributed by atoms with E-state index in [0.29, 0.717) is 18.4 Å². The maximum Gasteiger partial charge on any atom is 0.224 e. The third kappa shape index (κ3) is 4.69. The summed E-state index contributed by atoms with van der Waals surface area (Å²) >= 11 is 0. The van der Waals surface area contributed by atoms with Crippen LogP contribution in [-0.2, 0) is 16.6 Å². The van der Waals surface area contributed by atoms with E-state index in [1.54, 1.807) is 12.1 Å². The molecule has 3 heteroatoms. The predicted octanol–water partition coefficient (Wildman–Crippen LogP) is 4.43. The number of carbonyl (C=O) groups excluding carboxylic acids is 1. The molecule has 1 amide bonds. The minimum atomic E-state index is -0.0169. The van der Waals surface area contributed by atoms with Gasteiger partial charge in [0.25, 0.3) is 0 Å². The van der Waals surface area contributed by atoms with Crippen molar-refractivity contribution in [3.63, 3.8) is 0 Å². The Balaban J connectivity index is 1.99. The molecule has 0 saturated carbocycles. The summed E-state index contributed by atoms with van der Waals surface area (Å²) in [6.45, 7) is 6.40. The number of nitrogens with zero attached hydrogens (tertiary/aromatic N) is 1. The molecule has 2 rings (SSSR count). The summed E-state index contributed by atoms with van der Waals surface area (Å²) in [6, 6.07) is 17.4. The highest BCUT2D eigenvalue weighted by Crippen LogP contribution is 2.29. The summed E-state index contributed by atoms with van der Waals surface area (Å²) in [6.07, 6.45) is 1.08. The van der Waals surface area contributed by atoms with Crippen molar-refractivity contribution in [2.45, 2.75) is 39.0 Å². The number of rotatable bonds is 4. The van der Waals surface area contributed by atoms with Crippen molar-refractivity contribution in [3.05, 3.63) is 65.2 Å². The van der Waals surface area contributed by atoms with Crippen molar-refractivity contribution in [2.75, 3.05) is 5.32 Å². The summed E-state index contributed by atoms with van der Waals surface area (Å²) in [5.41, 5.74) is 3.69. The van der Waals surface area contributed by atoms with Crippen LogP contribution in [0.25, 0.3) is 0 Å². The molecule has 3 nitrogen and oxygen atoms in total. The number of anilines is 1. The van der Waals surface area contributed by atoms with Gasteiger partial charge in [-0.2, -0.15) is 5.26 Å². The largest absolute Gasteiger partial charge is 0.326 e. The summed E-state index contributed by atoms with van der Waals surface area (Å²) < 4.78 is 0. The van der Waals surface area contributed by atoms with Gasteiger partial charge < -0.3 is 5.32 Å². The van der Waals surface area contributed by atoms with Gasteiger partial charge in [0.05, 0.1) is 11.6 Å². The molecule has 118 valence electrons. The topological polar surface area (TPSA) is 52.9 Å². The lowest BCUT2D eigenvalue weighted by Crippen LogP contribution is -2.18. The molecule has 0 atom stereocenters. The molecule has 0 bridgehead atoms. The fourth-order valence-corrected chi connectivity index (χ4v) is 2.46. The average Bonchev–Trinajstić information content (AvgIpc) is 2.53. The number of carbonyl (C=O) groups is 1. The average molecular weight is 306 g/mol. The highest BCUT2D eigenvalue weighted by atomic mass is 16.1. The zero-order valence-electron chi connectivity index (χ0n) is 13.9. The van der Waals surface area contributed by atoms with E-state index >= 15 is 0 Å². The number of hydrogen-bond donors (Lipinski definition) is 1. The second-order valence-corrected chi connectivity index (χ2v) is 6.65. The Bertz CT molecular complexity index is 719. The van der Waals surface area contributed by atoms with Gasteiger partial charge in [-0.1, -0.05) is 51.1 Å². The van der Waals surface area contributed by atoms with E-state index in [0.717, 1.165) is 16.8 Å². The number of nitriles is 1. The van der Waals surface area contributed by atoms with E-state index in [4.69, 9.17) is 5.26 Å². The van der Waals surface area contributed by atoms with E-state index in [-0.39, 0.29) is 11.3 Å². The molecule has 0 aliphatic carbocycles. The second kappa shape index (κ2) is 7.11. The molecular formula is C20H22N2O. The fraction of sp³-hybridized carbons (Fsp3) is 0.300. The number of para-hydroxylation sites is 1. The Morgan fingerprint density at radius 1 is 1.09 bits per heavy atom. The highest BCUT2D eigenvalue weighted by molar-refractivity contribution is 5.91. The molecule has 0 aromatic heterocycles. The summed E-state index contributed by atoms with van der Waals surface area (Å²) in [5.74, 6) is 0.00561. The van der Waals surface area contributed by atoms with Crippen LogP contribution in [0, 0.1) is 11.3 Å². The van der Waals surface area contributed by atoms with Gasteiger partial charge >= 0.3 is 0 Å². The lowest BCUT2D eigenvalue weighted by Gasteiger charge is -2.23. The first kappa shape index (κ1) is 16.8. The van der Waals surface area contributed by atoms with E-state index in [2.05, 4.69) is 38.2 Å². The highest BCUT2D eigenvalue weighted by Gasteiger charge is 2.18. The molecule has 0 radical (unpaired) electrons. The quantitative estimate of drug-likeness (QED) is 0.908. The maximum atomic E-state index is 12.2. The minimum absolute atomic E-state index is 0.00561. The predicted molar refractivity (Wildman–Crippen MR) is 93.2 cm³/mol. The lowest BCUT2D eigenvalue weighted by atomic mass is 9.86. The Hall–Kier alpha value is -2.60. The van der Waals surface area contributed by atoms with Crippen molar-refractivity contribution in [2.24, 2.45) is 0 Å². The molecule has 0 fully saturated rings. The Kier molecular flexibility index (Phi) is 5.18. The van der Waals surface area contributed by atoms with Gasteiger partial charge in [0.1, 0.15) is 0 Å². The first-order valence-corrected chi connectivity index (χ1v) is 7.78. The molecule has 0 heterocycles. The normalized spacial score (nSPS) is 10.9. The molecule has 0 spiro atoms. The standard InChI is InChI=1S/C20H22N2O/c1-20(2,3)17-6-4-5-7-18(17)22-19(23)13-12-15-8-10-16(14-21)11-9-15/h4-11H,12-13H2,1-3H3,(H,22,23). The number of aryl methyl sites for hydroxylation is 1. The molecule has 2 aromatic carbocycles. The van der Waals surface area contributed by atoms with E-state index < -0.39 is 0 Å². The molecule has 0 aliphatic rings. The van der Waals surface area contributed by atoms with Gasteiger partial charge in [-0.15, -0.1) is 0 Å². The summed E-state index contributed by atoms with van der Waals surface area (Å²) in [7, 11) is 0. The maximum absolute atomic E-state index is 12.2. The first-order chi connectivity index (χ1) is 10.9. The van der Waals surface area contributed by atoms with Crippen molar-refractivity contribution in [3.8, 4) is 6.07 Å². The zero-order chi connectivity index (χ0) is 16.9. The second-order valence-electron chi connectivity index (χ2n) is 6.65. The van der Waals surface area contributed by atoms with Crippen LogP contribution in [0.15, 0.2) is 48.5 Å². The molecule has 0 unspecified atom stereocenters. The Labute approximate surface area is 138 Å². The Morgan fingerprint density at radius 3 is 2.35 bits per heavy atom. The monoisotopic (exact) mass is 306 g/mol. The number of nitrogens with one attached hydrogen (secondary N) is 1. The van der Waals surface area contributed by atoms with Crippen molar-refractivity contribution in [1.82, 2.24) is 0 Å². The summed E-state index contributed by atoms with van der Waals surface area (Å²) in [4.78, 5) is 12.2. The van der Waals surface area contributed by atoms with Gasteiger partial charge in [0.2, 0.25) is 5.91 Å². The third-order valence-electron chi connectivity index (χ3n) is 3.73. The van der Waals surface area contributed by atoms with Crippen LogP contribution in [0.4, 0.5) is 5.69 Å². The van der Waals surface area contributed by atoms with Gasteiger partial charge in [-0.25, -0.2) is 0 Å². The van der Waals surface area contributed by atoms with Crippen LogP contribution in [0.3, 0.4) is 0 Å². The molecule has 1 N–H and O–H groups in total. The van der Waals surface area contributed by atoms with Crippen molar-refractivity contribution in [1.29, 1.82) is 5.26 Å². The fourth-order valence-electron chi connectivity index (χ4n) is 2.46. The van der Waals surface area contributed by atoms with Crippen LogP contribution < -0.4 is 5.32 Å². The molecule has 23 heavy (non-hydrogen) atoms. The third-order valence-corrected chi connectivity index (χ3v) is 3.73. The molecular weight excluding hydrogens is 284 g/mol. The Morgan fingerprint density at radius 2 is 1.74 bits per heavy atom. The zero-order valence-corrected chi connectivity index (χ0v) is 13.9. The smallest absolute Gasteiger partial charge is 0.224 e. The van der Waals surface area contributed by atoms with Crippen LogP contribution in [-0.4, -0.2) is 5.91 Å². The van der Waals surface area contributed by atoms with Gasteiger partial charge in [0, 0.05) is 12.1 Å². The number of amides is 1. The van der Waals surface area contributed by atoms with Gasteiger partial charge in [0.15, 0.2) is 0 Å². The minimum Gasteiger partial charge on any atom is -0.326 e. The molecule has 2 aromatic rings. The first-order valence-electron chi connectivity index (χ1n) is 7.78. The van der Waals surface area contributed by atoms with Crippen molar-refractivity contribution >= 4 is 11.6 Å². The van der Waals surface area contributed by atoms with Crippen LogP contribution >= 0.6 is 0 Å². The van der Waals surface area contributed by atoms with E-state index in [1.165, 1.54) is 0 Å². The van der Waals surface area contributed by atoms with Gasteiger partial charge in [-0.05, 0) is 41.2 Å². The van der Waals surface area contributed by atoms with Crippen LogP contribution in [0.2, 0.25) is 0 Å². The number of hydrogen-bond acceptors (Lipinski definition) is 2.